The van der Waals surface area contributed by atoms with Crippen LogP contribution in [0.1, 0.15) is 64.4 Å². The van der Waals surface area contributed by atoms with Crippen LogP contribution in [0, 0.1) is 11.8 Å². The summed E-state index contributed by atoms with van der Waals surface area (Å²) in [7, 11) is 0. The average molecular weight is 495 g/mol. The number of ether oxygens (including phenoxy) is 1. The van der Waals surface area contributed by atoms with Gasteiger partial charge in [0.1, 0.15) is 12.6 Å². The summed E-state index contributed by atoms with van der Waals surface area (Å²) in [6, 6.07) is 8.50. The first-order chi connectivity index (χ1) is 15.9. The van der Waals surface area contributed by atoms with E-state index in [0.717, 1.165) is 18.4 Å². The third-order valence-corrected chi connectivity index (χ3v) is 7.20. The SMILES string of the molecule is CCOC(=O)[C@H](CCc1ccccc1)N[C@@H](C)C(=O)N(CC(=O)O)C1C[C@H]2CCCC[C@@H]2C1.Cl. The van der Waals surface area contributed by atoms with Gasteiger partial charge in [-0.2, -0.15) is 0 Å². The van der Waals surface area contributed by atoms with Crippen molar-refractivity contribution in [3.63, 3.8) is 0 Å². The molecule has 8 heteroatoms. The molecule has 0 bridgehead atoms. The van der Waals surface area contributed by atoms with E-state index in [1.165, 1.54) is 30.6 Å². The smallest absolute Gasteiger partial charge is 0.323 e. The number of nitrogens with zero attached hydrogens (tertiary/aromatic N) is 1. The Labute approximate surface area is 209 Å². The lowest BCUT2D eigenvalue weighted by Gasteiger charge is -2.32. The van der Waals surface area contributed by atoms with Gasteiger partial charge in [-0.05, 0) is 56.9 Å². The van der Waals surface area contributed by atoms with Crippen LogP contribution in [0.2, 0.25) is 0 Å². The number of esters is 1. The molecule has 190 valence electrons. The number of aliphatic carboxylic acids is 1. The molecular formula is C26H39ClN2O5. The minimum atomic E-state index is -1.00. The number of hydrogen-bond acceptors (Lipinski definition) is 5. The number of hydrogen-bond donors (Lipinski definition) is 2. The Morgan fingerprint density at radius 1 is 1.12 bits per heavy atom. The van der Waals surface area contributed by atoms with Crippen LogP contribution in [-0.4, -0.2) is 59.1 Å². The number of amides is 1. The zero-order chi connectivity index (χ0) is 23.8. The van der Waals surface area contributed by atoms with E-state index >= 15 is 0 Å². The second-order valence-electron chi connectivity index (χ2n) is 9.51. The number of halogens is 1. The molecular weight excluding hydrogens is 456 g/mol. The Kier molecular flexibility index (Phi) is 11.3. The van der Waals surface area contributed by atoms with Crippen molar-refractivity contribution in [2.45, 2.75) is 83.3 Å². The molecule has 2 fully saturated rings. The molecule has 2 aliphatic rings. The van der Waals surface area contributed by atoms with Gasteiger partial charge in [0.15, 0.2) is 0 Å². The van der Waals surface area contributed by atoms with E-state index in [1.807, 2.05) is 30.3 Å². The molecule has 3 rings (SSSR count). The second kappa shape index (κ2) is 13.7. The first kappa shape index (κ1) is 28.1. The van der Waals surface area contributed by atoms with Gasteiger partial charge in [-0.15, -0.1) is 12.4 Å². The average Bonchev–Trinajstić information content (AvgIpc) is 3.24. The molecule has 0 aromatic heterocycles. The molecule has 1 amide bonds. The van der Waals surface area contributed by atoms with Gasteiger partial charge in [0.25, 0.3) is 0 Å². The van der Waals surface area contributed by atoms with Gasteiger partial charge in [0.05, 0.1) is 12.6 Å². The number of nitrogens with one attached hydrogen (secondary N) is 1. The largest absolute Gasteiger partial charge is 0.480 e. The molecule has 0 heterocycles. The summed E-state index contributed by atoms with van der Waals surface area (Å²) in [5.41, 5.74) is 1.11. The Morgan fingerprint density at radius 3 is 2.29 bits per heavy atom. The van der Waals surface area contributed by atoms with Crippen molar-refractivity contribution in [2.24, 2.45) is 11.8 Å². The fourth-order valence-electron chi connectivity index (χ4n) is 5.58. The van der Waals surface area contributed by atoms with E-state index in [1.54, 1.807) is 13.8 Å². The summed E-state index contributed by atoms with van der Waals surface area (Å²) in [4.78, 5) is 39.1. The summed E-state index contributed by atoms with van der Waals surface area (Å²) >= 11 is 0. The number of carboxylic acid groups (broad SMARTS) is 1. The summed E-state index contributed by atoms with van der Waals surface area (Å²) in [6.45, 7) is 3.44. The van der Waals surface area contributed by atoms with Crippen LogP contribution in [0.3, 0.4) is 0 Å². The topological polar surface area (TPSA) is 95.9 Å². The standard InChI is InChI=1S/C26H38N2O5.ClH/c1-3-33-26(32)23(14-13-19-9-5-4-6-10-19)27-18(2)25(31)28(17-24(29)30)22-15-20-11-7-8-12-21(20)16-22;/h4-6,9-10,18,20-23,27H,3,7-8,11-17H2,1-2H3,(H,29,30);1H/t18-,20+,21+,23-;/m0./s1. The lowest BCUT2D eigenvalue weighted by atomic mass is 9.82. The van der Waals surface area contributed by atoms with Gasteiger partial charge >= 0.3 is 11.9 Å². The minimum absolute atomic E-state index is 0. The first-order valence-corrected chi connectivity index (χ1v) is 12.4. The summed E-state index contributed by atoms with van der Waals surface area (Å²) in [5, 5.41) is 12.6. The lowest BCUT2D eigenvalue weighted by Crippen LogP contribution is -2.54. The van der Waals surface area contributed by atoms with Gasteiger partial charge in [-0.1, -0.05) is 56.0 Å². The highest BCUT2D eigenvalue weighted by Crippen LogP contribution is 2.44. The maximum atomic E-state index is 13.4. The molecule has 0 unspecified atom stereocenters. The highest BCUT2D eigenvalue weighted by atomic mass is 35.5. The van der Waals surface area contributed by atoms with Crippen molar-refractivity contribution in [1.29, 1.82) is 0 Å². The molecule has 2 saturated carbocycles. The van der Waals surface area contributed by atoms with Crippen molar-refractivity contribution in [2.75, 3.05) is 13.2 Å². The van der Waals surface area contributed by atoms with E-state index < -0.39 is 18.1 Å². The molecule has 0 spiro atoms. The van der Waals surface area contributed by atoms with Crippen LogP contribution in [0.5, 0.6) is 0 Å². The molecule has 2 N–H and O–H groups in total. The normalized spacial score (nSPS) is 21.6. The molecule has 0 saturated heterocycles. The van der Waals surface area contributed by atoms with Crippen molar-refractivity contribution in [3.8, 4) is 0 Å². The number of carboxylic acids is 1. The van der Waals surface area contributed by atoms with Crippen molar-refractivity contribution in [1.82, 2.24) is 10.2 Å². The quantitative estimate of drug-likeness (QED) is 0.454. The molecule has 7 nitrogen and oxygen atoms in total. The fraction of sp³-hybridized carbons (Fsp3) is 0.654. The monoisotopic (exact) mass is 494 g/mol. The number of rotatable bonds is 11. The highest BCUT2D eigenvalue weighted by Gasteiger charge is 2.41. The fourth-order valence-corrected chi connectivity index (χ4v) is 5.58. The van der Waals surface area contributed by atoms with Gasteiger partial charge in [-0.25, -0.2) is 0 Å². The molecule has 2 aliphatic carbocycles. The van der Waals surface area contributed by atoms with Crippen LogP contribution in [0.15, 0.2) is 30.3 Å². The number of benzene rings is 1. The summed E-state index contributed by atoms with van der Waals surface area (Å²) in [5.74, 6) is -0.459. The Bertz CT molecular complexity index is 792. The summed E-state index contributed by atoms with van der Waals surface area (Å²) in [6.07, 6.45) is 7.72. The third kappa shape index (κ3) is 7.70. The van der Waals surface area contributed by atoms with E-state index in [2.05, 4.69) is 5.32 Å². The zero-order valence-corrected chi connectivity index (χ0v) is 21.1. The van der Waals surface area contributed by atoms with Gasteiger partial charge in [0.2, 0.25) is 5.91 Å². The predicted octanol–water partition coefficient (Wildman–Crippen LogP) is 3.83. The highest BCUT2D eigenvalue weighted by molar-refractivity contribution is 5.86. The Balaban J connectivity index is 0.00000408. The molecule has 0 aliphatic heterocycles. The van der Waals surface area contributed by atoms with Crippen LogP contribution < -0.4 is 5.32 Å². The number of carbonyl (C=O) groups is 3. The lowest BCUT2D eigenvalue weighted by molar-refractivity contribution is -0.149. The number of carbonyl (C=O) groups excluding carboxylic acids is 2. The van der Waals surface area contributed by atoms with E-state index in [-0.39, 0.29) is 43.5 Å². The molecule has 1 aromatic rings. The molecule has 34 heavy (non-hydrogen) atoms. The van der Waals surface area contributed by atoms with Crippen LogP contribution in [0.4, 0.5) is 0 Å². The molecule has 1 aromatic carbocycles. The number of fused-ring (bicyclic) bond motifs is 1. The summed E-state index contributed by atoms with van der Waals surface area (Å²) < 4.78 is 5.24. The molecule has 4 atom stereocenters. The third-order valence-electron chi connectivity index (χ3n) is 7.20. The first-order valence-electron chi connectivity index (χ1n) is 12.4. The maximum absolute atomic E-state index is 13.4. The van der Waals surface area contributed by atoms with Crippen molar-refractivity contribution < 1.29 is 24.2 Å². The Morgan fingerprint density at radius 2 is 1.74 bits per heavy atom. The van der Waals surface area contributed by atoms with Gasteiger partial charge < -0.3 is 14.7 Å². The van der Waals surface area contributed by atoms with Crippen molar-refractivity contribution >= 4 is 30.3 Å². The number of aryl methyl sites for hydroxylation is 1. The zero-order valence-electron chi connectivity index (χ0n) is 20.3. The second-order valence-corrected chi connectivity index (χ2v) is 9.51. The van der Waals surface area contributed by atoms with Gasteiger partial charge in [-0.3, -0.25) is 19.7 Å². The Hall–Kier alpha value is -2.12. The van der Waals surface area contributed by atoms with Gasteiger partial charge in [0, 0.05) is 6.04 Å². The maximum Gasteiger partial charge on any atom is 0.323 e. The van der Waals surface area contributed by atoms with Crippen molar-refractivity contribution in [3.05, 3.63) is 35.9 Å². The molecule has 0 radical (unpaired) electrons. The van der Waals surface area contributed by atoms with E-state index in [4.69, 9.17) is 4.74 Å². The predicted molar refractivity (Wildman–Crippen MR) is 133 cm³/mol. The van der Waals surface area contributed by atoms with E-state index in [9.17, 15) is 19.5 Å². The van der Waals surface area contributed by atoms with Crippen LogP contribution >= 0.6 is 12.4 Å². The van der Waals surface area contributed by atoms with Crippen LogP contribution in [0.25, 0.3) is 0 Å². The minimum Gasteiger partial charge on any atom is -0.480 e. The van der Waals surface area contributed by atoms with Crippen LogP contribution in [-0.2, 0) is 25.5 Å². The van der Waals surface area contributed by atoms with E-state index in [0.29, 0.717) is 24.7 Å².